The van der Waals surface area contributed by atoms with E-state index in [9.17, 15) is 38.0 Å². The van der Waals surface area contributed by atoms with Crippen molar-refractivity contribution >= 4 is 28.9 Å². The third-order valence-corrected chi connectivity index (χ3v) is 9.36. The van der Waals surface area contributed by atoms with Crippen LogP contribution < -0.4 is 10.2 Å². The number of nitro benzene ring substituents is 1. The SMILES string of the molecule is O=C(Nc1cccc([C@@H]2O[C@H](CN3CCN(c4ccc([N+](=O)[O-])cc4)CC3)C[C@H](c3ccc(CO)cc3)O2)c1)[C@@H]1CCCN1C(=O)C(F)(F)F. The summed E-state index contributed by atoms with van der Waals surface area (Å²) in [6.07, 6.45) is -5.53. The quantitative estimate of drug-likeness (QED) is 0.235. The molecule has 3 saturated heterocycles. The maximum Gasteiger partial charge on any atom is 0.471 e. The van der Waals surface area contributed by atoms with Gasteiger partial charge in [-0.25, -0.2) is 0 Å². The molecule has 2 amide bonds. The Bertz CT molecular complexity index is 1670. The van der Waals surface area contributed by atoms with E-state index in [1.165, 1.54) is 12.1 Å². The van der Waals surface area contributed by atoms with Crippen molar-refractivity contribution in [3.63, 3.8) is 0 Å². The van der Waals surface area contributed by atoms with E-state index in [-0.39, 0.29) is 43.9 Å². The minimum absolute atomic E-state index is 0.0463. The van der Waals surface area contributed by atoms with E-state index < -0.39 is 35.2 Å². The lowest BCUT2D eigenvalue weighted by molar-refractivity contribution is -0.384. The first-order chi connectivity index (χ1) is 24.0. The van der Waals surface area contributed by atoms with Crippen LogP contribution >= 0.6 is 0 Å². The Morgan fingerprint density at radius 2 is 1.66 bits per heavy atom. The van der Waals surface area contributed by atoms with E-state index in [1.807, 2.05) is 24.3 Å². The number of benzene rings is 3. The Labute approximate surface area is 286 Å². The number of nitrogens with one attached hydrogen (secondary N) is 1. The number of alkyl halides is 3. The normalized spacial score (nSPS) is 23.1. The second kappa shape index (κ2) is 15.1. The van der Waals surface area contributed by atoms with Gasteiger partial charge in [-0.05, 0) is 48.2 Å². The summed E-state index contributed by atoms with van der Waals surface area (Å²) in [5.41, 5.74) is 3.57. The predicted octanol–water partition coefficient (Wildman–Crippen LogP) is 4.95. The molecule has 3 fully saturated rings. The van der Waals surface area contributed by atoms with Gasteiger partial charge in [0.2, 0.25) is 5.91 Å². The maximum atomic E-state index is 13.1. The first kappa shape index (κ1) is 35.3. The minimum atomic E-state index is -5.06. The number of hydrogen-bond acceptors (Lipinski definition) is 9. The lowest BCUT2D eigenvalue weighted by atomic mass is 9.99. The largest absolute Gasteiger partial charge is 0.471 e. The lowest BCUT2D eigenvalue weighted by Crippen LogP contribution is -2.49. The Kier molecular flexibility index (Phi) is 10.7. The molecule has 0 unspecified atom stereocenters. The molecule has 0 aromatic heterocycles. The fraction of sp³-hybridized carbons (Fsp3) is 0.429. The van der Waals surface area contributed by atoms with Crippen molar-refractivity contribution in [1.82, 2.24) is 9.80 Å². The van der Waals surface area contributed by atoms with Crippen LogP contribution in [-0.2, 0) is 25.7 Å². The van der Waals surface area contributed by atoms with E-state index in [1.54, 1.807) is 36.4 Å². The van der Waals surface area contributed by atoms with Crippen LogP contribution in [0.15, 0.2) is 72.8 Å². The number of non-ortho nitro benzene ring substituents is 1. The van der Waals surface area contributed by atoms with Gasteiger partial charge in [0.05, 0.1) is 23.7 Å². The van der Waals surface area contributed by atoms with Gasteiger partial charge in [-0.1, -0.05) is 36.4 Å². The van der Waals surface area contributed by atoms with Crippen molar-refractivity contribution in [2.45, 2.75) is 56.6 Å². The van der Waals surface area contributed by atoms with Crippen molar-refractivity contribution < 1.29 is 42.3 Å². The van der Waals surface area contributed by atoms with Gasteiger partial charge >= 0.3 is 12.1 Å². The van der Waals surface area contributed by atoms with E-state index in [2.05, 4.69) is 15.1 Å². The number of hydrogen-bond donors (Lipinski definition) is 2. The van der Waals surface area contributed by atoms with Gasteiger partial charge < -0.3 is 29.7 Å². The molecule has 3 heterocycles. The highest BCUT2D eigenvalue weighted by atomic mass is 19.4. The minimum Gasteiger partial charge on any atom is -0.392 e. The Balaban J connectivity index is 1.14. The van der Waals surface area contributed by atoms with Gasteiger partial charge in [0.1, 0.15) is 6.04 Å². The van der Waals surface area contributed by atoms with Crippen molar-refractivity contribution in [2.75, 3.05) is 49.5 Å². The number of rotatable bonds is 9. The van der Waals surface area contributed by atoms with Crippen molar-refractivity contribution in [3.05, 3.63) is 99.6 Å². The average molecular weight is 698 g/mol. The number of amides is 2. The molecule has 6 rings (SSSR count). The smallest absolute Gasteiger partial charge is 0.392 e. The Morgan fingerprint density at radius 3 is 2.32 bits per heavy atom. The molecule has 0 aliphatic carbocycles. The fourth-order valence-electron chi connectivity index (χ4n) is 6.73. The van der Waals surface area contributed by atoms with Gasteiger partial charge in [-0.3, -0.25) is 24.6 Å². The molecule has 0 radical (unpaired) electrons. The Morgan fingerprint density at radius 1 is 0.940 bits per heavy atom. The topological polar surface area (TPSA) is 138 Å². The fourth-order valence-corrected chi connectivity index (χ4v) is 6.73. The van der Waals surface area contributed by atoms with Crippen LogP contribution in [0.4, 0.5) is 30.2 Å². The van der Waals surface area contributed by atoms with E-state index in [0.717, 1.165) is 43.0 Å². The number of nitrogens with zero attached hydrogens (tertiary/aromatic N) is 4. The van der Waals surface area contributed by atoms with Crippen LogP contribution in [0, 0.1) is 10.1 Å². The molecule has 4 atom stereocenters. The molecular formula is C35H38F3N5O7. The van der Waals surface area contributed by atoms with E-state index in [4.69, 9.17) is 9.47 Å². The van der Waals surface area contributed by atoms with Gasteiger partial charge in [-0.15, -0.1) is 0 Å². The first-order valence-corrected chi connectivity index (χ1v) is 16.5. The molecule has 12 nitrogen and oxygen atoms in total. The number of ether oxygens (including phenoxy) is 2. The van der Waals surface area contributed by atoms with Crippen LogP contribution in [0.3, 0.4) is 0 Å². The molecule has 3 aliphatic heterocycles. The summed E-state index contributed by atoms with van der Waals surface area (Å²) in [6.45, 7) is 3.32. The number of anilines is 2. The number of halogens is 3. The zero-order valence-electron chi connectivity index (χ0n) is 27.1. The summed E-state index contributed by atoms with van der Waals surface area (Å²) >= 11 is 0. The van der Waals surface area contributed by atoms with Crippen LogP contribution in [0.5, 0.6) is 0 Å². The summed E-state index contributed by atoms with van der Waals surface area (Å²) in [5, 5.41) is 23.2. The van der Waals surface area contributed by atoms with Crippen LogP contribution in [0.2, 0.25) is 0 Å². The third-order valence-electron chi connectivity index (χ3n) is 9.36. The summed E-state index contributed by atoms with van der Waals surface area (Å²) in [4.78, 5) is 40.7. The number of aliphatic hydroxyl groups excluding tert-OH is 1. The summed E-state index contributed by atoms with van der Waals surface area (Å²) in [7, 11) is 0. The van der Waals surface area contributed by atoms with Crippen LogP contribution in [0.1, 0.15) is 48.3 Å². The predicted molar refractivity (Wildman–Crippen MR) is 176 cm³/mol. The molecule has 3 aromatic rings. The highest BCUT2D eigenvalue weighted by Gasteiger charge is 2.47. The Hall–Kier alpha value is -4.57. The molecule has 0 bridgehead atoms. The van der Waals surface area contributed by atoms with Gasteiger partial charge in [0, 0.05) is 74.8 Å². The van der Waals surface area contributed by atoms with Crippen LogP contribution in [0.25, 0.3) is 0 Å². The molecule has 3 aromatic carbocycles. The lowest BCUT2D eigenvalue weighted by Gasteiger charge is -2.41. The van der Waals surface area contributed by atoms with E-state index in [0.29, 0.717) is 29.1 Å². The third kappa shape index (κ3) is 8.24. The molecule has 266 valence electrons. The number of nitro groups is 1. The molecule has 3 aliphatic rings. The van der Waals surface area contributed by atoms with Crippen molar-refractivity contribution in [1.29, 1.82) is 0 Å². The molecule has 0 saturated carbocycles. The zero-order valence-corrected chi connectivity index (χ0v) is 27.1. The zero-order chi connectivity index (χ0) is 35.4. The second-order valence-corrected chi connectivity index (χ2v) is 12.7. The van der Waals surface area contributed by atoms with Gasteiger partial charge in [0.25, 0.3) is 5.69 Å². The molecule has 0 spiro atoms. The van der Waals surface area contributed by atoms with Crippen molar-refractivity contribution in [3.8, 4) is 0 Å². The number of carbonyl (C=O) groups excluding carboxylic acids is 2. The number of piperazine rings is 1. The molecule has 50 heavy (non-hydrogen) atoms. The van der Waals surface area contributed by atoms with E-state index >= 15 is 0 Å². The van der Waals surface area contributed by atoms with Crippen LogP contribution in [-0.4, -0.2) is 89.2 Å². The second-order valence-electron chi connectivity index (χ2n) is 12.7. The summed E-state index contributed by atoms with van der Waals surface area (Å²) in [5.74, 6) is -2.72. The summed E-state index contributed by atoms with van der Waals surface area (Å²) < 4.78 is 52.3. The highest BCUT2D eigenvalue weighted by Crippen LogP contribution is 2.39. The van der Waals surface area contributed by atoms with Gasteiger partial charge in [0.15, 0.2) is 6.29 Å². The highest BCUT2D eigenvalue weighted by molar-refractivity contribution is 5.98. The van der Waals surface area contributed by atoms with Gasteiger partial charge in [-0.2, -0.15) is 13.2 Å². The standard InChI is InChI=1S/C35H38F3N5O7/c36-35(37,38)34(46)42-14-2-5-30(42)32(45)39-26-4-1-3-25(19-26)33-49-29(20-31(50-33)24-8-6-23(22-44)7-9-24)21-40-15-17-41(18-16-40)27-10-12-28(13-11-27)43(47)48/h1,3-4,6-13,19,29-31,33,44H,2,5,14-18,20-22H2,(H,39,45)/t29-,30-,31+,33+/m0/s1. The summed E-state index contributed by atoms with van der Waals surface area (Å²) in [6, 6.07) is 19.5. The monoisotopic (exact) mass is 697 g/mol. The number of carbonyl (C=O) groups is 2. The molecular weight excluding hydrogens is 659 g/mol. The number of likely N-dealkylation sites (tertiary alicyclic amines) is 1. The maximum absolute atomic E-state index is 13.1. The molecule has 2 N–H and O–H groups in total. The average Bonchev–Trinajstić information content (AvgIpc) is 3.61. The first-order valence-electron chi connectivity index (χ1n) is 16.5. The van der Waals surface area contributed by atoms with Crippen molar-refractivity contribution in [2.24, 2.45) is 0 Å². The number of aliphatic hydroxyl groups is 1. The molecule has 15 heteroatoms.